The summed E-state index contributed by atoms with van der Waals surface area (Å²) < 4.78 is 21.3. The second kappa shape index (κ2) is 11.6. The van der Waals surface area contributed by atoms with E-state index in [-0.39, 0.29) is 25.4 Å². The van der Waals surface area contributed by atoms with Crippen LogP contribution in [0.15, 0.2) is 36.4 Å². The number of pyridine rings is 1. The first-order valence-corrected chi connectivity index (χ1v) is 11.5. The van der Waals surface area contributed by atoms with Crippen molar-refractivity contribution in [3.05, 3.63) is 47.7 Å². The molecule has 1 aromatic heterocycles. The van der Waals surface area contributed by atoms with Gasteiger partial charge in [0.15, 0.2) is 11.6 Å². The van der Waals surface area contributed by atoms with Crippen molar-refractivity contribution in [3.63, 3.8) is 0 Å². The number of hydrogen-bond acceptors (Lipinski definition) is 8. The zero-order valence-corrected chi connectivity index (χ0v) is 20.8. The Morgan fingerprint density at radius 2 is 1.89 bits per heavy atom. The van der Waals surface area contributed by atoms with Crippen molar-refractivity contribution >= 4 is 24.0 Å². The van der Waals surface area contributed by atoms with Gasteiger partial charge in [-0.15, -0.1) is 0 Å². The highest BCUT2D eigenvalue weighted by atomic mass is 16.6. The number of alkyl carbamates (subject to hydrolysis) is 1. The summed E-state index contributed by atoms with van der Waals surface area (Å²) in [7, 11) is 1.26. The molecule has 0 spiro atoms. The van der Waals surface area contributed by atoms with Gasteiger partial charge in [-0.05, 0) is 50.6 Å². The molecule has 0 bridgehead atoms. The van der Waals surface area contributed by atoms with Crippen molar-refractivity contribution in [1.29, 1.82) is 0 Å². The third-order valence-electron chi connectivity index (χ3n) is 5.12. The maximum absolute atomic E-state index is 12.1. The fraction of sp³-hybridized carbons (Fsp3) is 0.440. The second-order valence-electron chi connectivity index (χ2n) is 9.08. The summed E-state index contributed by atoms with van der Waals surface area (Å²) in [6.45, 7) is 6.05. The minimum Gasteiger partial charge on any atom is -0.493 e. The number of esters is 1. The number of fused-ring (bicyclic) bond motifs is 1. The molecule has 2 amide bonds. The SMILES string of the molecule is COC(=O)[C@H](Cc1ccc(OCCc2ccc3c(n2)N(C(=O)O)CCO3)cc1)NC(=O)OC(C)(C)C. The molecule has 2 aromatic rings. The van der Waals surface area contributed by atoms with Crippen molar-refractivity contribution in [2.45, 2.75) is 45.3 Å². The molecule has 0 aliphatic carbocycles. The summed E-state index contributed by atoms with van der Waals surface area (Å²) in [6.07, 6.45) is -1.09. The van der Waals surface area contributed by atoms with Crippen LogP contribution in [0, 0.1) is 0 Å². The average Bonchev–Trinajstić information content (AvgIpc) is 2.82. The monoisotopic (exact) mass is 501 g/mol. The van der Waals surface area contributed by atoms with Gasteiger partial charge in [0.05, 0.1) is 20.3 Å². The van der Waals surface area contributed by atoms with Crippen molar-refractivity contribution in [1.82, 2.24) is 10.3 Å². The van der Waals surface area contributed by atoms with E-state index in [2.05, 4.69) is 10.3 Å². The molecule has 11 nitrogen and oxygen atoms in total. The summed E-state index contributed by atoms with van der Waals surface area (Å²) in [6, 6.07) is 9.70. The first-order valence-electron chi connectivity index (χ1n) is 11.5. The summed E-state index contributed by atoms with van der Waals surface area (Å²) in [5.41, 5.74) is 0.775. The molecule has 1 aliphatic rings. The van der Waals surface area contributed by atoms with Crippen molar-refractivity contribution < 1.29 is 38.4 Å². The van der Waals surface area contributed by atoms with Gasteiger partial charge in [-0.2, -0.15) is 0 Å². The van der Waals surface area contributed by atoms with E-state index in [1.54, 1.807) is 57.2 Å². The predicted octanol–water partition coefficient (Wildman–Crippen LogP) is 3.19. The Balaban J connectivity index is 1.55. The number of ether oxygens (including phenoxy) is 4. The predicted molar refractivity (Wildman–Crippen MR) is 130 cm³/mol. The van der Waals surface area contributed by atoms with Crippen molar-refractivity contribution in [3.8, 4) is 11.5 Å². The Hall–Kier alpha value is -4.02. The molecule has 0 fully saturated rings. The maximum Gasteiger partial charge on any atom is 0.413 e. The molecule has 2 heterocycles. The van der Waals surface area contributed by atoms with E-state index in [1.807, 2.05) is 0 Å². The van der Waals surface area contributed by atoms with Crippen LogP contribution in [0.3, 0.4) is 0 Å². The Bertz CT molecular complexity index is 1080. The summed E-state index contributed by atoms with van der Waals surface area (Å²) in [5, 5.41) is 11.9. The van der Waals surface area contributed by atoms with E-state index >= 15 is 0 Å². The highest BCUT2D eigenvalue weighted by Crippen LogP contribution is 2.29. The van der Waals surface area contributed by atoms with Crippen LogP contribution >= 0.6 is 0 Å². The molecule has 0 saturated carbocycles. The number of nitrogens with zero attached hydrogens (tertiary/aromatic N) is 2. The Morgan fingerprint density at radius 1 is 1.17 bits per heavy atom. The lowest BCUT2D eigenvalue weighted by molar-refractivity contribution is -0.143. The number of hydrogen-bond donors (Lipinski definition) is 2. The van der Waals surface area contributed by atoms with Crippen molar-refractivity contribution in [2.75, 3.05) is 31.8 Å². The second-order valence-corrected chi connectivity index (χ2v) is 9.08. The maximum atomic E-state index is 12.1. The van der Waals surface area contributed by atoms with E-state index < -0.39 is 29.8 Å². The number of rotatable bonds is 8. The van der Waals surface area contributed by atoms with Crippen molar-refractivity contribution in [2.24, 2.45) is 0 Å². The Labute approximate surface area is 209 Å². The molecule has 1 aliphatic heterocycles. The van der Waals surface area contributed by atoms with Crippen LogP contribution in [0.4, 0.5) is 15.4 Å². The highest BCUT2D eigenvalue weighted by Gasteiger charge is 2.26. The van der Waals surface area contributed by atoms with Gasteiger partial charge in [-0.3, -0.25) is 4.90 Å². The average molecular weight is 502 g/mol. The van der Waals surface area contributed by atoms with Gasteiger partial charge in [0, 0.05) is 18.5 Å². The fourth-order valence-electron chi connectivity index (χ4n) is 3.48. The molecule has 0 saturated heterocycles. The number of methoxy groups -OCH3 is 1. The van der Waals surface area contributed by atoms with Crippen LogP contribution < -0.4 is 19.7 Å². The van der Waals surface area contributed by atoms with E-state index in [9.17, 15) is 19.5 Å². The Kier molecular flexibility index (Phi) is 8.57. The number of amides is 2. The molecule has 11 heteroatoms. The molecular weight excluding hydrogens is 470 g/mol. The smallest absolute Gasteiger partial charge is 0.413 e. The molecule has 194 valence electrons. The fourth-order valence-corrected chi connectivity index (χ4v) is 3.48. The van der Waals surface area contributed by atoms with Gasteiger partial charge >= 0.3 is 18.2 Å². The zero-order valence-electron chi connectivity index (χ0n) is 20.8. The normalized spacial score (nSPS) is 13.6. The van der Waals surface area contributed by atoms with Crippen LogP contribution in [-0.2, 0) is 27.1 Å². The van der Waals surface area contributed by atoms with Crippen LogP contribution in [0.1, 0.15) is 32.0 Å². The number of carbonyl (C=O) groups is 3. The lowest BCUT2D eigenvalue weighted by Gasteiger charge is -2.26. The van der Waals surface area contributed by atoms with E-state index in [4.69, 9.17) is 18.9 Å². The number of anilines is 1. The van der Waals surface area contributed by atoms with Crippen LogP contribution in [0.25, 0.3) is 0 Å². The summed E-state index contributed by atoms with van der Waals surface area (Å²) in [5.74, 6) is 0.763. The van der Waals surface area contributed by atoms with Gasteiger partial charge < -0.3 is 29.4 Å². The standard InChI is InChI=1S/C25H31N3O8/c1-25(2,3)36-23(30)27-19(22(29)33-4)15-16-5-8-18(9-6-16)34-13-11-17-7-10-20-21(26-17)28(24(31)32)12-14-35-20/h5-10,19H,11-15H2,1-4H3,(H,27,30)(H,31,32)/t19-/m0/s1. The summed E-state index contributed by atoms with van der Waals surface area (Å²) >= 11 is 0. The van der Waals surface area contributed by atoms with E-state index in [1.165, 1.54) is 12.0 Å². The zero-order chi connectivity index (χ0) is 26.3. The van der Waals surface area contributed by atoms with Gasteiger partial charge in [-0.25, -0.2) is 19.4 Å². The van der Waals surface area contributed by atoms with E-state index in [0.717, 1.165) is 5.56 Å². The van der Waals surface area contributed by atoms with Gasteiger partial charge in [0.2, 0.25) is 0 Å². The molecule has 1 atom stereocenters. The number of nitrogens with one attached hydrogen (secondary N) is 1. The topological polar surface area (TPSA) is 137 Å². The first-order chi connectivity index (χ1) is 17.1. The van der Waals surface area contributed by atoms with Gasteiger partial charge in [0.1, 0.15) is 24.0 Å². The highest BCUT2D eigenvalue weighted by molar-refractivity contribution is 5.87. The first kappa shape index (κ1) is 26.6. The molecule has 3 rings (SSSR count). The molecule has 0 unspecified atom stereocenters. The lowest BCUT2D eigenvalue weighted by Crippen LogP contribution is -2.45. The number of carboxylic acid groups (broad SMARTS) is 1. The quantitative estimate of drug-likeness (QED) is 0.523. The number of aromatic nitrogens is 1. The van der Waals surface area contributed by atoms with Gasteiger partial charge in [-0.1, -0.05) is 12.1 Å². The van der Waals surface area contributed by atoms with Crippen LogP contribution in [-0.4, -0.2) is 66.8 Å². The third-order valence-corrected chi connectivity index (χ3v) is 5.12. The minimum atomic E-state index is -1.07. The van der Waals surface area contributed by atoms with Crippen LogP contribution in [0.2, 0.25) is 0 Å². The molecule has 36 heavy (non-hydrogen) atoms. The molecule has 0 radical (unpaired) electrons. The lowest BCUT2D eigenvalue weighted by atomic mass is 10.1. The molecule has 1 aromatic carbocycles. The number of benzene rings is 1. The minimum absolute atomic E-state index is 0.216. The van der Waals surface area contributed by atoms with Crippen LogP contribution in [0.5, 0.6) is 11.5 Å². The third kappa shape index (κ3) is 7.49. The Morgan fingerprint density at radius 3 is 2.53 bits per heavy atom. The summed E-state index contributed by atoms with van der Waals surface area (Å²) in [4.78, 5) is 41.3. The largest absolute Gasteiger partial charge is 0.493 e. The van der Waals surface area contributed by atoms with E-state index in [0.29, 0.717) is 30.2 Å². The number of carbonyl (C=O) groups excluding carboxylic acids is 2. The molecule has 2 N–H and O–H groups in total. The molecular formula is C25H31N3O8. The van der Waals surface area contributed by atoms with Gasteiger partial charge in [0.25, 0.3) is 0 Å².